The van der Waals surface area contributed by atoms with Gasteiger partial charge in [0.05, 0.1) is 0 Å². The molecule has 1 heterocycles. The molecule has 0 unspecified atom stereocenters. The molecule has 0 spiro atoms. The van der Waals surface area contributed by atoms with Crippen LogP contribution < -0.4 is 4.90 Å². The summed E-state index contributed by atoms with van der Waals surface area (Å²) in [5.74, 6) is 0. The summed E-state index contributed by atoms with van der Waals surface area (Å²) < 4.78 is 6.41. The molecule has 2 nitrogen and oxygen atoms in total. The second-order valence-electron chi connectivity index (χ2n) is 14.1. The maximum Gasteiger partial charge on any atom is 0.136 e. The first-order valence-corrected chi connectivity index (χ1v) is 18.5. The van der Waals surface area contributed by atoms with Gasteiger partial charge in [-0.3, -0.25) is 0 Å². The first-order chi connectivity index (χ1) is 26.8. The Morgan fingerprint density at radius 2 is 0.815 bits per heavy atom. The monoisotopic (exact) mass is 687 g/mol. The summed E-state index contributed by atoms with van der Waals surface area (Å²) in [5.41, 5.74) is 9.84. The summed E-state index contributed by atoms with van der Waals surface area (Å²) in [6, 6.07) is 72.3. The van der Waals surface area contributed by atoms with Crippen LogP contribution in [-0.4, -0.2) is 0 Å². The van der Waals surface area contributed by atoms with E-state index in [-0.39, 0.29) is 0 Å². The van der Waals surface area contributed by atoms with Crippen LogP contribution >= 0.6 is 0 Å². The molecule has 54 heavy (non-hydrogen) atoms. The summed E-state index contributed by atoms with van der Waals surface area (Å²) in [4.78, 5) is 2.35. The van der Waals surface area contributed by atoms with Crippen molar-refractivity contribution in [2.75, 3.05) is 4.90 Å². The van der Waals surface area contributed by atoms with Crippen LogP contribution in [0.2, 0.25) is 0 Å². The van der Waals surface area contributed by atoms with E-state index in [4.69, 9.17) is 4.42 Å². The van der Waals surface area contributed by atoms with Crippen molar-refractivity contribution >= 4 is 82.1 Å². The molecule has 0 saturated carbocycles. The number of rotatable bonds is 5. The van der Waals surface area contributed by atoms with E-state index in [1.165, 1.54) is 65.3 Å². The maximum atomic E-state index is 6.41. The van der Waals surface area contributed by atoms with E-state index in [0.717, 1.165) is 39.0 Å². The van der Waals surface area contributed by atoms with Crippen LogP contribution in [0.25, 0.3) is 87.3 Å². The van der Waals surface area contributed by atoms with Crippen molar-refractivity contribution in [3.05, 3.63) is 200 Å². The Labute approximate surface area is 312 Å². The molecule has 0 fully saturated rings. The average Bonchev–Trinajstić information content (AvgIpc) is 3.63. The Morgan fingerprint density at radius 3 is 1.54 bits per heavy atom. The molecule has 10 aromatic carbocycles. The number of hydrogen-bond acceptors (Lipinski definition) is 2. The van der Waals surface area contributed by atoms with Gasteiger partial charge in [0.1, 0.15) is 11.2 Å². The minimum absolute atomic E-state index is 0.885. The lowest BCUT2D eigenvalue weighted by Crippen LogP contribution is -2.09. The fourth-order valence-corrected chi connectivity index (χ4v) is 8.46. The lowest BCUT2D eigenvalue weighted by Gasteiger charge is -2.26. The highest BCUT2D eigenvalue weighted by molar-refractivity contribution is 6.23. The second kappa shape index (κ2) is 12.2. The SMILES string of the molecule is c1ccc(-c2ccc(N(c3ccc(-c4cc5ccc6ccccc6c5c5ccccc45)cc3)c3ccc4oc5ccc6ccccc6c5c4c3)cc2)cc1. The standard InChI is InChI=1S/C52H33NO/c1-2-10-34(11-3-1)35-20-25-40(26-21-35)53(42-29-31-49-48(33-42)52-44-15-7-5-13-37(44)24-30-50(52)54-49)41-27-22-38(23-28-41)47-32-39-19-18-36-12-4-6-14-43(36)51(39)46-17-9-8-16-45(46)47/h1-33H. The number of nitrogens with zero attached hydrogens (tertiary/aromatic N) is 1. The summed E-state index contributed by atoms with van der Waals surface area (Å²) in [7, 11) is 0. The third-order valence-corrected chi connectivity index (χ3v) is 11.0. The lowest BCUT2D eigenvalue weighted by molar-refractivity contribution is 0.669. The lowest BCUT2D eigenvalue weighted by atomic mass is 9.90. The quantitative estimate of drug-likeness (QED) is 0.168. The molecule has 0 aliphatic rings. The van der Waals surface area contributed by atoms with E-state index in [0.29, 0.717) is 0 Å². The van der Waals surface area contributed by atoms with E-state index in [2.05, 4.69) is 205 Å². The Morgan fingerprint density at radius 1 is 0.296 bits per heavy atom. The molecule has 0 atom stereocenters. The molecule has 0 N–H and O–H groups in total. The normalized spacial score (nSPS) is 11.7. The van der Waals surface area contributed by atoms with Crippen molar-refractivity contribution in [1.82, 2.24) is 0 Å². The highest BCUT2D eigenvalue weighted by Gasteiger charge is 2.18. The smallest absolute Gasteiger partial charge is 0.136 e. The largest absolute Gasteiger partial charge is 0.456 e. The second-order valence-corrected chi connectivity index (χ2v) is 14.1. The molecule has 252 valence electrons. The molecule has 0 aliphatic carbocycles. The topological polar surface area (TPSA) is 16.4 Å². The Kier molecular flexibility index (Phi) is 6.90. The average molecular weight is 688 g/mol. The van der Waals surface area contributed by atoms with Crippen LogP contribution in [0.15, 0.2) is 205 Å². The van der Waals surface area contributed by atoms with Crippen molar-refractivity contribution in [2.24, 2.45) is 0 Å². The summed E-state index contributed by atoms with van der Waals surface area (Å²) in [5, 5.41) is 12.3. The third-order valence-electron chi connectivity index (χ3n) is 11.0. The van der Waals surface area contributed by atoms with Crippen LogP contribution in [0.4, 0.5) is 17.1 Å². The molecule has 11 aromatic rings. The predicted molar refractivity (Wildman–Crippen MR) is 229 cm³/mol. The first kappa shape index (κ1) is 30.5. The van der Waals surface area contributed by atoms with Gasteiger partial charge in [0.25, 0.3) is 0 Å². The van der Waals surface area contributed by atoms with Crippen molar-refractivity contribution < 1.29 is 4.42 Å². The van der Waals surface area contributed by atoms with Gasteiger partial charge in [0.15, 0.2) is 0 Å². The van der Waals surface area contributed by atoms with Gasteiger partial charge in [-0.2, -0.15) is 0 Å². The predicted octanol–water partition coefficient (Wildman–Crippen LogP) is 15.0. The number of hydrogen-bond donors (Lipinski definition) is 0. The van der Waals surface area contributed by atoms with Crippen LogP contribution in [0.3, 0.4) is 0 Å². The van der Waals surface area contributed by atoms with E-state index in [1.807, 2.05) is 0 Å². The van der Waals surface area contributed by atoms with Gasteiger partial charge in [-0.25, -0.2) is 0 Å². The van der Waals surface area contributed by atoms with Gasteiger partial charge in [-0.05, 0) is 120 Å². The van der Waals surface area contributed by atoms with Crippen molar-refractivity contribution in [2.45, 2.75) is 0 Å². The minimum atomic E-state index is 0.885. The highest BCUT2D eigenvalue weighted by atomic mass is 16.3. The maximum absolute atomic E-state index is 6.41. The van der Waals surface area contributed by atoms with Gasteiger partial charge >= 0.3 is 0 Å². The zero-order valence-electron chi connectivity index (χ0n) is 29.4. The van der Waals surface area contributed by atoms with Gasteiger partial charge in [-0.15, -0.1) is 0 Å². The van der Waals surface area contributed by atoms with Crippen LogP contribution in [-0.2, 0) is 0 Å². The van der Waals surface area contributed by atoms with E-state index >= 15 is 0 Å². The number of furan rings is 1. The Bertz CT molecular complexity index is 3190. The molecule has 0 aliphatic heterocycles. The number of anilines is 3. The zero-order valence-corrected chi connectivity index (χ0v) is 29.4. The van der Waals surface area contributed by atoms with Crippen LogP contribution in [0, 0.1) is 0 Å². The molecule has 0 bridgehead atoms. The zero-order chi connectivity index (χ0) is 35.6. The fraction of sp³-hybridized carbons (Fsp3) is 0. The summed E-state index contributed by atoms with van der Waals surface area (Å²) in [6.07, 6.45) is 0. The van der Waals surface area contributed by atoms with Gasteiger partial charge in [-0.1, -0.05) is 146 Å². The summed E-state index contributed by atoms with van der Waals surface area (Å²) in [6.45, 7) is 0. The van der Waals surface area contributed by atoms with E-state index < -0.39 is 0 Å². The molecular weight excluding hydrogens is 655 g/mol. The fourth-order valence-electron chi connectivity index (χ4n) is 8.46. The first-order valence-electron chi connectivity index (χ1n) is 18.5. The van der Waals surface area contributed by atoms with Crippen molar-refractivity contribution in [3.63, 3.8) is 0 Å². The van der Waals surface area contributed by atoms with E-state index in [9.17, 15) is 0 Å². The molecule has 0 amide bonds. The number of fused-ring (bicyclic) bond motifs is 10. The Balaban J connectivity index is 1.08. The van der Waals surface area contributed by atoms with Gasteiger partial charge in [0, 0.05) is 27.8 Å². The summed E-state index contributed by atoms with van der Waals surface area (Å²) >= 11 is 0. The van der Waals surface area contributed by atoms with E-state index in [1.54, 1.807) is 0 Å². The highest BCUT2D eigenvalue weighted by Crippen LogP contribution is 2.43. The van der Waals surface area contributed by atoms with Crippen LogP contribution in [0.5, 0.6) is 0 Å². The van der Waals surface area contributed by atoms with Crippen molar-refractivity contribution in [3.8, 4) is 22.3 Å². The molecule has 1 aromatic heterocycles. The Hall–Kier alpha value is -7.16. The minimum Gasteiger partial charge on any atom is -0.456 e. The van der Waals surface area contributed by atoms with Crippen LogP contribution in [0.1, 0.15) is 0 Å². The molecule has 0 radical (unpaired) electrons. The third kappa shape index (κ3) is 4.88. The van der Waals surface area contributed by atoms with Gasteiger partial charge < -0.3 is 9.32 Å². The molecule has 11 rings (SSSR count). The molecule has 2 heteroatoms. The number of benzene rings is 10. The molecular formula is C52H33NO. The van der Waals surface area contributed by atoms with Gasteiger partial charge in [0.2, 0.25) is 0 Å². The van der Waals surface area contributed by atoms with Crippen molar-refractivity contribution in [1.29, 1.82) is 0 Å². The molecule has 0 saturated heterocycles.